The van der Waals surface area contributed by atoms with Gasteiger partial charge in [-0.3, -0.25) is 9.69 Å². The van der Waals surface area contributed by atoms with Gasteiger partial charge < -0.3 is 9.47 Å². The Morgan fingerprint density at radius 2 is 2.08 bits per heavy atom. The van der Waals surface area contributed by atoms with Gasteiger partial charge in [0.05, 0.1) is 6.04 Å². The number of aromatic nitrogens is 2. The maximum absolute atomic E-state index is 13.1. The standard InChI is InChI=1S/C19H24N4O/c1-21-11-12-23(13-17(21)18-20-9-10-22(18)2)19(24)16-8-4-6-14-5-3-7-15(14)16/h4,6,8-10,17H,3,5,7,11-13H2,1-2H3/t17-/m1/s1. The van der Waals surface area contributed by atoms with Crippen LogP contribution in [0.3, 0.4) is 0 Å². The number of aryl methyl sites for hydroxylation is 2. The van der Waals surface area contributed by atoms with E-state index >= 15 is 0 Å². The number of piperazine rings is 1. The Bertz CT molecular complexity index is 766. The fourth-order valence-electron chi connectivity index (χ4n) is 4.03. The molecule has 0 spiro atoms. The molecule has 1 amide bonds. The molecule has 1 aromatic carbocycles. The number of imidazole rings is 1. The molecule has 5 nitrogen and oxygen atoms in total. The van der Waals surface area contributed by atoms with Crippen LogP contribution in [0.1, 0.15) is 39.8 Å². The first-order valence-electron chi connectivity index (χ1n) is 8.72. The minimum absolute atomic E-state index is 0.152. The van der Waals surface area contributed by atoms with Gasteiger partial charge >= 0.3 is 0 Å². The third kappa shape index (κ3) is 2.53. The second-order valence-corrected chi connectivity index (χ2v) is 6.94. The Kier molecular flexibility index (Phi) is 3.88. The molecule has 0 bridgehead atoms. The molecule has 2 heterocycles. The fourth-order valence-corrected chi connectivity index (χ4v) is 4.03. The van der Waals surface area contributed by atoms with E-state index in [1.807, 2.05) is 36.5 Å². The smallest absolute Gasteiger partial charge is 0.254 e. The van der Waals surface area contributed by atoms with Crippen molar-refractivity contribution in [1.29, 1.82) is 0 Å². The summed E-state index contributed by atoms with van der Waals surface area (Å²) in [6, 6.07) is 6.35. The van der Waals surface area contributed by atoms with Gasteiger partial charge in [0.25, 0.3) is 5.91 Å². The average molecular weight is 324 g/mol. The molecule has 1 aromatic heterocycles. The van der Waals surface area contributed by atoms with Crippen LogP contribution < -0.4 is 0 Å². The third-order valence-electron chi connectivity index (χ3n) is 5.47. The van der Waals surface area contributed by atoms with Gasteiger partial charge in [0.2, 0.25) is 0 Å². The van der Waals surface area contributed by atoms with E-state index < -0.39 is 0 Å². The summed E-state index contributed by atoms with van der Waals surface area (Å²) < 4.78 is 2.05. The van der Waals surface area contributed by atoms with Gasteiger partial charge in [-0.1, -0.05) is 12.1 Å². The summed E-state index contributed by atoms with van der Waals surface area (Å²) in [5.74, 6) is 1.20. The highest BCUT2D eigenvalue weighted by Gasteiger charge is 2.32. The van der Waals surface area contributed by atoms with Gasteiger partial charge in [0, 0.05) is 44.6 Å². The molecule has 24 heavy (non-hydrogen) atoms. The summed E-state index contributed by atoms with van der Waals surface area (Å²) in [5, 5.41) is 0. The van der Waals surface area contributed by atoms with Crippen molar-refractivity contribution < 1.29 is 4.79 Å². The molecule has 2 aliphatic rings. The van der Waals surface area contributed by atoms with Gasteiger partial charge in [-0.25, -0.2) is 4.98 Å². The molecule has 1 aliphatic carbocycles. The maximum Gasteiger partial charge on any atom is 0.254 e. The number of likely N-dealkylation sites (N-methyl/N-ethyl adjacent to an activating group) is 1. The lowest BCUT2D eigenvalue weighted by Crippen LogP contribution is -2.49. The predicted octanol–water partition coefficient (Wildman–Crippen LogP) is 2.04. The minimum Gasteiger partial charge on any atom is -0.337 e. The van der Waals surface area contributed by atoms with Crippen LogP contribution in [0.4, 0.5) is 0 Å². The lowest BCUT2D eigenvalue weighted by atomic mass is 10.0. The predicted molar refractivity (Wildman–Crippen MR) is 92.9 cm³/mol. The molecular formula is C19H24N4O. The first kappa shape index (κ1) is 15.4. The van der Waals surface area contributed by atoms with Crippen LogP contribution in [0.2, 0.25) is 0 Å². The molecule has 1 fully saturated rings. The summed E-state index contributed by atoms with van der Waals surface area (Å²) in [4.78, 5) is 21.9. The fraction of sp³-hybridized carbons (Fsp3) is 0.474. The SMILES string of the molecule is CN1CCN(C(=O)c2cccc3c2CCC3)C[C@@H]1c1nccn1C. The Hall–Kier alpha value is -2.14. The third-order valence-corrected chi connectivity index (χ3v) is 5.47. The maximum atomic E-state index is 13.1. The molecule has 0 unspecified atom stereocenters. The average Bonchev–Trinajstić information content (AvgIpc) is 3.23. The summed E-state index contributed by atoms with van der Waals surface area (Å²) in [7, 11) is 4.13. The zero-order valence-corrected chi connectivity index (χ0v) is 14.4. The highest BCUT2D eigenvalue weighted by Crippen LogP contribution is 2.28. The van der Waals surface area contributed by atoms with E-state index in [0.717, 1.165) is 43.7 Å². The van der Waals surface area contributed by atoms with Crippen molar-refractivity contribution in [3.05, 3.63) is 53.1 Å². The number of amides is 1. The van der Waals surface area contributed by atoms with E-state index in [2.05, 4.69) is 27.6 Å². The van der Waals surface area contributed by atoms with Gasteiger partial charge in [-0.2, -0.15) is 0 Å². The summed E-state index contributed by atoms with van der Waals surface area (Å²) in [6.07, 6.45) is 7.10. The van der Waals surface area contributed by atoms with Crippen molar-refractivity contribution in [1.82, 2.24) is 19.4 Å². The topological polar surface area (TPSA) is 41.4 Å². The zero-order valence-electron chi connectivity index (χ0n) is 14.4. The van der Waals surface area contributed by atoms with E-state index in [0.29, 0.717) is 6.54 Å². The van der Waals surface area contributed by atoms with Crippen LogP contribution >= 0.6 is 0 Å². The van der Waals surface area contributed by atoms with Gasteiger partial charge in [-0.15, -0.1) is 0 Å². The van der Waals surface area contributed by atoms with Crippen molar-refractivity contribution in [2.24, 2.45) is 7.05 Å². The van der Waals surface area contributed by atoms with Crippen molar-refractivity contribution in [2.45, 2.75) is 25.3 Å². The van der Waals surface area contributed by atoms with E-state index in [-0.39, 0.29) is 11.9 Å². The number of nitrogens with zero attached hydrogens (tertiary/aromatic N) is 4. The summed E-state index contributed by atoms with van der Waals surface area (Å²) in [6.45, 7) is 2.35. The molecule has 1 aliphatic heterocycles. The summed E-state index contributed by atoms with van der Waals surface area (Å²) >= 11 is 0. The second kappa shape index (κ2) is 6.06. The molecule has 126 valence electrons. The van der Waals surface area contributed by atoms with Crippen molar-refractivity contribution in [3.8, 4) is 0 Å². The highest BCUT2D eigenvalue weighted by molar-refractivity contribution is 5.96. The normalized spacial score (nSPS) is 21.1. The molecule has 0 N–H and O–H groups in total. The second-order valence-electron chi connectivity index (χ2n) is 6.94. The van der Waals surface area contributed by atoms with E-state index in [9.17, 15) is 4.79 Å². The molecule has 2 aromatic rings. The summed E-state index contributed by atoms with van der Waals surface area (Å²) in [5.41, 5.74) is 3.54. The lowest BCUT2D eigenvalue weighted by Gasteiger charge is -2.39. The largest absolute Gasteiger partial charge is 0.337 e. The van der Waals surface area contributed by atoms with Crippen LogP contribution in [-0.2, 0) is 19.9 Å². The van der Waals surface area contributed by atoms with Crippen LogP contribution in [0.25, 0.3) is 0 Å². The van der Waals surface area contributed by atoms with Crippen LogP contribution in [0, 0.1) is 0 Å². The van der Waals surface area contributed by atoms with Crippen LogP contribution in [-0.4, -0.2) is 51.9 Å². The van der Waals surface area contributed by atoms with Gasteiger partial charge in [-0.05, 0) is 43.5 Å². The Labute approximate surface area is 142 Å². The number of fused-ring (bicyclic) bond motifs is 1. The van der Waals surface area contributed by atoms with Crippen molar-refractivity contribution in [3.63, 3.8) is 0 Å². The molecule has 1 saturated heterocycles. The van der Waals surface area contributed by atoms with E-state index in [1.165, 1.54) is 11.1 Å². The molecular weight excluding hydrogens is 300 g/mol. The molecule has 0 saturated carbocycles. The molecule has 5 heteroatoms. The Morgan fingerprint density at radius 1 is 1.21 bits per heavy atom. The number of benzene rings is 1. The van der Waals surface area contributed by atoms with Gasteiger partial charge in [0.15, 0.2) is 0 Å². The minimum atomic E-state index is 0.152. The van der Waals surface area contributed by atoms with Crippen LogP contribution in [0.5, 0.6) is 0 Å². The Morgan fingerprint density at radius 3 is 2.88 bits per heavy atom. The number of carbonyl (C=O) groups excluding carboxylic acids is 1. The van der Waals surface area contributed by atoms with Crippen molar-refractivity contribution in [2.75, 3.05) is 26.7 Å². The van der Waals surface area contributed by atoms with Crippen molar-refractivity contribution >= 4 is 5.91 Å². The highest BCUT2D eigenvalue weighted by atomic mass is 16.2. The Balaban J connectivity index is 1.60. The first-order chi connectivity index (χ1) is 11.6. The van der Waals surface area contributed by atoms with E-state index in [4.69, 9.17) is 0 Å². The lowest BCUT2D eigenvalue weighted by molar-refractivity contribution is 0.0528. The quantitative estimate of drug-likeness (QED) is 0.849. The number of hydrogen-bond acceptors (Lipinski definition) is 3. The van der Waals surface area contributed by atoms with Gasteiger partial charge in [0.1, 0.15) is 5.82 Å². The monoisotopic (exact) mass is 324 g/mol. The molecule has 1 atom stereocenters. The molecule has 0 radical (unpaired) electrons. The first-order valence-corrected chi connectivity index (χ1v) is 8.72. The van der Waals surface area contributed by atoms with E-state index in [1.54, 1.807) is 0 Å². The number of carbonyl (C=O) groups is 1. The number of rotatable bonds is 2. The number of hydrogen-bond donors (Lipinski definition) is 0. The zero-order chi connectivity index (χ0) is 16.7. The van der Waals surface area contributed by atoms with Crippen LogP contribution in [0.15, 0.2) is 30.6 Å². The molecule has 4 rings (SSSR count).